The van der Waals surface area contributed by atoms with Gasteiger partial charge in [0.15, 0.2) is 10.8 Å². The number of aliphatic carboxylic acids is 1. The highest BCUT2D eigenvalue weighted by Crippen LogP contribution is 2.40. The van der Waals surface area contributed by atoms with Crippen LogP contribution >= 0.6 is 23.1 Å². The van der Waals surface area contributed by atoms with E-state index in [9.17, 15) is 24.3 Å². The standard InChI is InChI=1S/C16H15N5O6S2/c1-3-7-4-28-14-10(13(24)21(14)11(7)15(25)26)19-12(23)9(20-27-6(2)22)8-5-29-16(17)18-8/h3,5,10,14H,1,4H2,2H3,(H2,17,18)(H,19,23)(H,25,26)/b20-9-/t10?,14-/m1/s1. The molecule has 0 aliphatic carbocycles. The molecule has 3 heterocycles. The molecule has 2 aliphatic rings. The van der Waals surface area contributed by atoms with E-state index in [0.29, 0.717) is 11.3 Å². The van der Waals surface area contributed by atoms with Crippen molar-refractivity contribution >= 4 is 57.7 Å². The van der Waals surface area contributed by atoms with Gasteiger partial charge >= 0.3 is 11.9 Å². The number of thioether (sulfide) groups is 1. The summed E-state index contributed by atoms with van der Waals surface area (Å²) in [5.41, 5.74) is 5.58. The summed E-state index contributed by atoms with van der Waals surface area (Å²) in [6.07, 6.45) is 1.39. The molecule has 2 atom stereocenters. The van der Waals surface area contributed by atoms with E-state index in [0.717, 1.165) is 23.2 Å². The average Bonchev–Trinajstić information content (AvgIpc) is 3.10. The van der Waals surface area contributed by atoms with Crippen molar-refractivity contribution in [1.82, 2.24) is 15.2 Å². The zero-order valence-electron chi connectivity index (χ0n) is 14.9. The molecule has 0 radical (unpaired) electrons. The monoisotopic (exact) mass is 437 g/mol. The van der Waals surface area contributed by atoms with Gasteiger partial charge in [-0.1, -0.05) is 17.8 Å². The van der Waals surface area contributed by atoms with Crippen molar-refractivity contribution < 1.29 is 29.1 Å². The minimum Gasteiger partial charge on any atom is -0.477 e. The van der Waals surface area contributed by atoms with Crippen LogP contribution in [0.2, 0.25) is 0 Å². The molecule has 29 heavy (non-hydrogen) atoms. The second-order valence-electron chi connectivity index (χ2n) is 5.84. The lowest BCUT2D eigenvalue weighted by Crippen LogP contribution is -2.71. The van der Waals surface area contributed by atoms with Crippen molar-refractivity contribution in [2.24, 2.45) is 5.16 Å². The molecule has 0 spiro atoms. The van der Waals surface area contributed by atoms with Gasteiger partial charge in [0.25, 0.3) is 11.8 Å². The molecule has 4 N–H and O–H groups in total. The third kappa shape index (κ3) is 3.86. The number of rotatable bonds is 6. The number of carboxylic acids is 1. The number of amides is 2. The average molecular weight is 437 g/mol. The third-order valence-electron chi connectivity index (χ3n) is 3.98. The summed E-state index contributed by atoms with van der Waals surface area (Å²) in [4.78, 5) is 57.4. The molecule has 11 nitrogen and oxygen atoms in total. The van der Waals surface area contributed by atoms with E-state index < -0.39 is 35.2 Å². The van der Waals surface area contributed by atoms with Crippen LogP contribution in [0.1, 0.15) is 12.6 Å². The number of aromatic nitrogens is 1. The lowest BCUT2D eigenvalue weighted by molar-refractivity contribution is -0.150. The van der Waals surface area contributed by atoms with E-state index in [4.69, 9.17) is 5.73 Å². The fourth-order valence-electron chi connectivity index (χ4n) is 2.72. The number of nitrogens with two attached hydrogens (primary N) is 1. The van der Waals surface area contributed by atoms with Gasteiger partial charge < -0.3 is 21.0 Å². The number of hydrogen-bond acceptors (Lipinski definition) is 10. The Kier molecular flexibility index (Phi) is 5.70. The number of nitrogens with one attached hydrogen (secondary N) is 1. The second kappa shape index (κ2) is 8.05. The van der Waals surface area contributed by atoms with Gasteiger partial charge in [0.1, 0.15) is 22.8 Å². The number of oxime groups is 1. The fraction of sp³-hybridized carbons (Fsp3) is 0.250. The molecule has 1 saturated heterocycles. The molecule has 0 aromatic carbocycles. The minimum absolute atomic E-state index is 0.0752. The Morgan fingerprint density at radius 1 is 1.52 bits per heavy atom. The van der Waals surface area contributed by atoms with Crippen molar-refractivity contribution in [3.8, 4) is 0 Å². The van der Waals surface area contributed by atoms with Crippen molar-refractivity contribution in [1.29, 1.82) is 0 Å². The summed E-state index contributed by atoms with van der Waals surface area (Å²) in [6.45, 7) is 4.68. The van der Waals surface area contributed by atoms with Crippen LogP contribution in [0.5, 0.6) is 0 Å². The van der Waals surface area contributed by atoms with Crippen LogP contribution < -0.4 is 11.1 Å². The van der Waals surface area contributed by atoms with E-state index in [1.807, 2.05) is 0 Å². The van der Waals surface area contributed by atoms with Crippen molar-refractivity contribution in [2.75, 3.05) is 11.5 Å². The summed E-state index contributed by atoms with van der Waals surface area (Å²) >= 11 is 2.34. The maximum absolute atomic E-state index is 12.7. The van der Waals surface area contributed by atoms with Crippen LogP contribution in [0, 0.1) is 0 Å². The number of β-lactam (4-membered cyclic amide) rings is 1. The van der Waals surface area contributed by atoms with Gasteiger partial charge in [-0.05, 0) is 5.57 Å². The first-order chi connectivity index (χ1) is 13.7. The Morgan fingerprint density at radius 2 is 2.24 bits per heavy atom. The van der Waals surface area contributed by atoms with E-state index >= 15 is 0 Å². The Balaban J connectivity index is 1.82. The lowest BCUT2D eigenvalue weighted by atomic mass is 10.0. The Hall–Kier alpha value is -3.19. The van der Waals surface area contributed by atoms with Crippen molar-refractivity contribution in [3.05, 3.63) is 35.0 Å². The number of nitrogen functional groups attached to an aromatic ring is 1. The predicted molar refractivity (Wildman–Crippen MR) is 105 cm³/mol. The lowest BCUT2D eigenvalue weighted by Gasteiger charge is -2.49. The molecule has 13 heteroatoms. The maximum atomic E-state index is 12.7. The smallest absolute Gasteiger partial charge is 0.352 e. The highest BCUT2D eigenvalue weighted by atomic mass is 32.2. The van der Waals surface area contributed by atoms with Gasteiger partial charge in [-0.2, -0.15) is 0 Å². The van der Waals surface area contributed by atoms with Gasteiger partial charge in [-0.3, -0.25) is 14.5 Å². The maximum Gasteiger partial charge on any atom is 0.352 e. The van der Waals surface area contributed by atoms with Gasteiger partial charge in [-0.25, -0.2) is 14.6 Å². The summed E-state index contributed by atoms with van der Waals surface area (Å²) in [7, 11) is 0. The number of fused-ring (bicyclic) bond motifs is 1. The van der Waals surface area contributed by atoms with Crippen molar-refractivity contribution in [3.63, 3.8) is 0 Å². The summed E-state index contributed by atoms with van der Waals surface area (Å²) in [5, 5.41) is 16.5. The van der Waals surface area contributed by atoms with E-state index in [1.165, 1.54) is 23.2 Å². The number of carboxylic acid groups (broad SMARTS) is 1. The number of allylic oxidation sites excluding steroid dienone is 1. The molecule has 0 saturated carbocycles. The molecule has 152 valence electrons. The molecule has 2 amide bonds. The first-order valence-corrected chi connectivity index (χ1v) is 9.98. The molecular formula is C16H15N5O6S2. The SMILES string of the molecule is C=CC1=C(C(=O)O)N2C(=O)C(NC(=O)/C(=N\OC(C)=O)c3csc(N)n3)[C@H]2SC1. The number of carbonyl (C=O) groups is 4. The van der Waals surface area contributed by atoms with E-state index in [1.54, 1.807) is 0 Å². The van der Waals surface area contributed by atoms with Crippen LogP contribution in [0.25, 0.3) is 0 Å². The largest absolute Gasteiger partial charge is 0.477 e. The highest BCUT2D eigenvalue weighted by Gasteiger charge is 2.54. The minimum atomic E-state index is -1.25. The van der Waals surface area contributed by atoms with Gasteiger partial charge in [0.2, 0.25) is 0 Å². The zero-order valence-corrected chi connectivity index (χ0v) is 16.6. The normalized spacial score (nSPS) is 21.2. The van der Waals surface area contributed by atoms with E-state index in [2.05, 4.69) is 26.9 Å². The number of nitrogens with zero attached hydrogens (tertiary/aromatic N) is 3. The van der Waals surface area contributed by atoms with Crippen LogP contribution in [0.15, 0.2) is 34.5 Å². The molecule has 2 aliphatic heterocycles. The number of hydrogen-bond donors (Lipinski definition) is 3. The molecule has 1 unspecified atom stereocenters. The topological polar surface area (TPSA) is 164 Å². The Bertz CT molecular complexity index is 984. The van der Waals surface area contributed by atoms with Gasteiger partial charge in [-0.15, -0.1) is 23.1 Å². The molecule has 3 rings (SSSR count). The zero-order chi connectivity index (χ0) is 21.3. The predicted octanol–water partition coefficient (Wildman–Crippen LogP) is -0.0829. The number of carbonyl (C=O) groups excluding carboxylic acids is 3. The first-order valence-electron chi connectivity index (χ1n) is 8.06. The van der Waals surface area contributed by atoms with Crippen LogP contribution in [-0.2, 0) is 24.0 Å². The molecule has 1 aromatic heterocycles. The molecular weight excluding hydrogens is 422 g/mol. The first kappa shape index (κ1) is 20.5. The summed E-state index contributed by atoms with van der Waals surface area (Å²) < 4.78 is 0. The summed E-state index contributed by atoms with van der Waals surface area (Å²) in [6, 6.07) is -0.980. The van der Waals surface area contributed by atoms with Crippen LogP contribution in [0.3, 0.4) is 0 Å². The highest BCUT2D eigenvalue weighted by molar-refractivity contribution is 8.00. The Morgan fingerprint density at radius 3 is 2.79 bits per heavy atom. The van der Waals surface area contributed by atoms with Crippen LogP contribution in [0.4, 0.5) is 5.13 Å². The molecule has 1 aromatic rings. The second-order valence-corrected chi connectivity index (χ2v) is 7.83. The molecule has 0 bridgehead atoms. The number of anilines is 1. The van der Waals surface area contributed by atoms with Gasteiger partial charge in [0.05, 0.1) is 0 Å². The third-order valence-corrected chi connectivity index (χ3v) is 5.95. The Labute approximate surface area is 172 Å². The van der Waals surface area contributed by atoms with E-state index in [-0.39, 0.29) is 22.2 Å². The number of thiazole rings is 1. The van der Waals surface area contributed by atoms with Crippen LogP contribution in [-0.4, -0.2) is 61.6 Å². The van der Waals surface area contributed by atoms with Crippen molar-refractivity contribution in [2.45, 2.75) is 18.3 Å². The summed E-state index contributed by atoms with van der Waals surface area (Å²) in [5.74, 6) is -3.08. The fourth-order valence-corrected chi connectivity index (χ4v) is 4.61. The quantitative estimate of drug-likeness (QED) is 0.239. The molecule has 1 fully saturated rings. The van der Waals surface area contributed by atoms with Gasteiger partial charge in [0, 0.05) is 18.1 Å².